The van der Waals surface area contributed by atoms with Crippen molar-refractivity contribution in [1.29, 1.82) is 0 Å². The molecule has 120 heavy (non-hydrogen) atoms. The number of nitrogens with zero attached hydrogens (tertiary/aromatic N) is 2. The molecule has 0 amide bonds. The Kier molecular flexibility index (Phi) is 15.2. The first-order valence-corrected chi connectivity index (χ1v) is 41.9. The minimum Gasteiger partial charge on any atom is -0.457 e. The third-order valence-electron chi connectivity index (χ3n) is 27.2. The van der Waals surface area contributed by atoms with Crippen LogP contribution in [0.1, 0.15) is 94.5 Å². The summed E-state index contributed by atoms with van der Waals surface area (Å²) in [5.74, 6) is 3.46. The second kappa shape index (κ2) is 26.3. The molecule has 2 aliphatic heterocycles. The van der Waals surface area contributed by atoms with Crippen LogP contribution in [-0.2, 0) is 21.7 Å². The summed E-state index contributed by atoms with van der Waals surface area (Å²) in [6, 6.07) is 154. The van der Waals surface area contributed by atoms with Gasteiger partial charge in [-0.2, -0.15) is 0 Å². The normalized spacial score (nSPS) is 15.2. The molecule has 0 radical (unpaired) electrons. The SMILES string of the molecule is CC1(C)c2cc(-c3cccc(-c4ccc5c(c4)Oc4ccccc4C54c5ccccc5-c5cc(N(c6ccc7c(c6)C(C)(C)c6cc(-c8ccccc8)ccc6-7)c6ccccc6-c6ccccc6)ccc54)c3)ccc2-c2ccc(N(c3cccc(-c4ccccc4)c3)c3ccc4c(c3)C3(c5ccccc5Oc5ccccc53)c3ccccc3-4)cc21. The van der Waals surface area contributed by atoms with E-state index < -0.39 is 10.8 Å². The molecule has 24 rings (SSSR count). The van der Waals surface area contributed by atoms with Gasteiger partial charge in [-0.3, -0.25) is 0 Å². The van der Waals surface area contributed by atoms with E-state index in [1.807, 2.05) is 0 Å². The van der Waals surface area contributed by atoms with Crippen LogP contribution in [0.15, 0.2) is 413 Å². The number of benzene rings is 18. The number of para-hydroxylation sites is 4. The molecule has 2 heterocycles. The molecule has 0 saturated carbocycles. The average Bonchev–Trinajstić information content (AvgIpc) is 1.50. The molecule has 0 aromatic heterocycles. The van der Waals surface area contributed by atoms with E-state index in [1.54, 1.807) is 0 Å². The summed E-state index contributed by atoms with van der Waals surface area (Å²) in [7, 11) is 0. The second-order valence-corrected chi connectivity index (χ2v) is 34.1. The van der Waals surface area contributed by atoms with E-state index in [4.69, 9.17) is 9.47 Å². The van der Waals surface area contributed by atoms with Gasteiger partial charge in [0.25, 0.3) is 0 Å². The molecule has 18 aromatic rings. The van der Waals surface area contributed by atoms with E-state index in [2.05, 4.69) is 450 Å². The van der Waals surface area contributed by atoms with Crippen LogP contribution in [0.25, 0.3) is 100 Å². The van der Waals surface area contributed by atoms with Crippen molar-refractivity contribution < 1.29 is 9.47 Å². The number of anilines is 6. The van der Waals surface area contributed by atoms with E-state index in [1.165, 1.54) is 111 Å². The zero-order valence-electron chi connectivity index (χ0n) is 67.0. The minimum atomic E-state index is -0.699. The minimum absolute atomic E-state index is 0.266. The maximum atomic E-state index is 7.27. The topological polar surface area (TPSA) is 24.9 Å². The lowest BCUT2D eigenvalue weighted by atomic mass is 9.66. The van der Waals surface area contributed by atoms with Crippen LogP contribution in [-0.4, -0.2) is 0 Å². The first-order chi connectivity index (χ1) is 59.0. The molecule has 18 aromatic carbocycles. The number of hydrogen-bond acceptors (Lipinski definition) is 4. The molecule has 1 unspecified atom stereocenters. The van der Waals surface area contributed by atoms with Crippen molar-refractivity contribution in [1.82, 2.24) is 0 Å². The van der Waals surface area contributed by atoms with Gasteiger partial charge in [0.15, 0.2) is 0 Å². The fourth-order valence-electron chi connectivity index (χ4n) is 21.7. The Morgan fingerprint density at radius 3 is 1.04 bits per heavy atom. The summed E-state index contributed by atoms with van der Waals surface area (Å²) >= 11 is 0. The zero-order chi connectivity index (χ0) is 79.7. The molecule has 4 heteroatoms. The van der Waals surface area contributed by atoms with Gasteiger partial charge in [0.2, 0.25) is 0 Å². The van der Waals surface area contributed by atoms with Crippen molar-refractivity contribution in [2.45, 2.75) is 49.4 Å². The lowest BCUT2D eigenvalue weighted by Crippen LogP contribution is -2.32. The van der Waals surface area contributed by atoms with Crippen molar-refractivity contribution >= 4 is 34.1 Å². The fourth-order valence-corrected chi connectivity index (χ4v) is 21.7. The molecular formula is C116H80N2O2. The summed E-state index contributed by atoms with van der Waals surface area (Å²) in [6.45, 7) is 9.61. The van der Waals surface area contributed by atoms with E-state index >= 15 is 0 Å². The molecule has 4 nitrogen and oxygen atoms in total. The number of hydrogen-bond donors (Lipinski definition) is 0. The van der Waals surface area contributed by atoms with Crippen LogP contribution in [0, 0.1) is 0 Å². The van der Waals surface area contributed by atoms with Gasteiger partial charge in [0.05, 0.1) is 16.5 Å². The Balaban J connectivity index is 0.589. The summed E-state index contributed by atoms with van der Waals surface area (Å²) in [6.07, 6.45) is 0. The maximum Gasteiger partial charge on any atom is 0.132 e. The van der Waals surface area contributed by atoms with E-state index in [9.17, 15) is 0 Å². The van der Waals surface area contributed by atoms with E-state index in [0.717, 1.165) is 113 Å². The lowest BCUT2D eigenvalue weighted by molar-refractivity contribution is 0.436. The Morgan fingerprint density at radius 2 is 0.483 bits per heavy atom. The highest BCUT2D eigenvalue weighted by atomic mass is 16.5. The fraction of sp³-hybridized carbons (Fsp3) is 0.0690. The van der Waals surface area contributed by atoms with Gasteiger partial charge < -0.3 is 19.3 Å². The molecule has 2 spiro atoms. The van der Waals surface area contributed by atoms with Crippen LogP contribution in [0.3, 0.4) is 0 Å². The molecular weight excluding hydrogens is 1450 g/mol. The highest BCUT2D eigenvalue weighted by molar-refractivity contribution is 5.98. The van der Waals surface area contributed by atoms with Crippen molar-refractivity contribution in [3.05, 3.63) is 479 Å². The number of fused-ring (bicyclic) bond motifs is 24. The Morgan fingerprint density at radius 1 is 0.167 bits per heavy atom. The Hall–Kier alpha value is -14.8. The van der Waals surface area contributed by atoms with Crippen LogP contribution >= 0.6 is 0 Å². The number of ether oxygens (including phenoxy) is 2. The molecule has 0 saturated heterocycles. The van der Waals surface area contributed by atoms with Crippen molar-refractivity contribution in [3.8, 4) is 123 Å². The zero-order valence-corrected chi connectivity index (χ0v) is 67.0. The summed E-state index contributed by atoms with van der Waals surface area (Å²) in [5.41, 5.74) is 41.0. The number of rotatable bonds is 11. The van der Waals surface area contributed by atoms with Gasteiger partial charge in [-0.25, -0.2) is 0 Å². The maximum absolute atomic E-state index is 7.27. The van der Waals surface area contributed by atoms with Crippen LogP contribution in [0.2, 0.25) is 0 Å². The predicted octanol–water partition coefficient (Wildman–Crippen LogP) is 30.5. The van der Waals surface area contributed by atoms with Crippen molar-refractivity contribution in [2.24, 2.45) is 0 Å². The highest BCUT2D eigenvalue weighted by Gasteiger charge is 2.54. The lowest BCUT2D eigenvalue weighted by Gasteiger charge is -2.39. The second-order valence-electron chi connectivity index (χ2n) is 34.1. The monoisotopic (exact) mass is 1530 g/mol. The molecule has 0 N–H and O–H groups in total. The van der Waals surface area contributed by atoms with Gasteiger partial charge in [-0.05, 0) is 248 Å². The van der Waals surface area contributed by atoms with Gasteiger partial charge in [0, 0.05) is 67.1 Å². The first kappa shape index (κ1) is 69.5. The molecule has 0 fully saturated rings. The summed E-state index contributed by atoms with van der Waals surface area (Å²) < 4.78 is 14.1. The predicted molar refractivity (Wildman–Crippen MR) is 493 cm³/mol. The smallest absolute Gasteiger partial charge is 0.132 e. The first-order valence-electron chi connectivity index (χ1n) is 41.9. The molecule has 566 valence electrons. The van der Waals surface area contributed by atoms with E-state index in [-0.39, 0.29) is 10.8 Å². The Labute approximate surface area is 700 Å². The summed E-state index contributed by atoms with van der Waals surface area (Å²) in [5, 5.41) is 0. The van der Waals surface area contributed by atoms with Crippen molar-refractivity contribution in [2.75, 3.05) is 9.80 Å². The largest absolute Gasteiger partial charge is 0.457 e. The summed E-state index contributed by atoms with van der Waals surface area (Å²) in [4.78, 5) is 4.99. The highest BCUT2D eigenvalue weighted by Crippen LogP contribution is 2.66. The van der Waals surface area contributed by atoms with Gasteiger partial charge in [-0.1, -0.05) is 331 Å². The van der Waals surface area contributed by atoms with Gasteiger partial charge in [0.1, 0.15) is 23.0 Å². The van der Waals surface area contributed by atoms with Gasteiger partial charge >= 0.3 is 0 Å². The van der Waals surface area contributed by atoms with Crippen LogP contribution in [0.5, 0.6) is 23.0 Å². The average molecular weight is 1530 g/mol. The quantitative estimate of drug-likeness (QED) is 0.129. The van der Waals surface area contributed by atoms with E-state index in [0.29, 0.717) is 0 Å². The third-order valence-corrected chi connectivity index (χ3v) is 27.2. The molecule has 1 atom stereocenters. The Bertz CT molecular complexity index is 7270. The standard InChI is InChI=1S/C116H80N2O2/c1-113(2)103-66-79(74-30-10-6-11-31-74)50-57-90(103)93-60-55-86(71-106(93)113)118(108-46-22-16-38-87(108)75-32-12-7-13-33-75)83-56-63-98-95(69-83)89-40-15-18-42-97(89)115(98)99-43-19-25-49-111(99)120-112-68-81(52-62-102(112)115)77-35-26-34-76(64-77)80-51-58-91-92-59-53-84(70-105(92)114(3,4)104(91)67-80)117(82-37-27-36-78(65-82)73-28-8-5-9-29-73)85-54-61-94-88-39-14-17-41-96(88)116(107(94)72-85)100-44-20-23-47-109(100)119-110-48-24-21-45-101(110)116/h5-72H,1-4H3. The molecule has 6 aliphatic rings. The van der Waals surface area contributed by atoms with Crippen LogP contribution < -0.4 is 19.3 Å². The molecule has 4 aliphatic carbocycles. The van der Waals surface area contributed by atoms with Crippen LogP contribution in [0.4, 0.5) is 34.1 Å². The van der Waals surface area contributed by atoms with Gasteiger partial charge in [-0.15, -0.1) is 0 Å². The third kappa shape index (κ3) is 10.1. The van der Waals surface area contributed by atoms with Crippen molar-refractivity contribution in [3.63, 3.8) is 0 Å². The molecule has 0 bridgehead atoms.